The molecule has 0 saturated heterocycles. The van der Waals surface area contributed by atoms with Gasteiger partial charge >= 0.3 is 5.97 Å². The molecule has 0 atom stereocenters. The van der Waals surface area contributed by atoms with E-state index in [-0.39, 0.29) is 13.2 Å². The van der Waals surface area contributed by atoms with Gasteiger partial charge in [0.2, 0.25) is 0 Å². The zero-order valence-corrected chi connectivity index (χ0v) is 6.49. The Morgan fingerprint density at radius 2 is 2.27 bits per heavy atom. The summed E-state index contributed by atoms with van der Waals surface area (Å²) in [4.78, 5) is 15.6. The summed E-state index contributed by atoms with van der Waals surface area (Å²) in [6.07, 6.45) is 0.625. The Morgan fingerprint density at radius 3 is 2.73 bits per heavy atom. The van der Waals surface area contributed by atoms with Gasteiger partial charge in [-0.2, -0.15) is 0 Å². The highest BCUT2D eigenvalue weighted by Gasteiger charge is 2.02. The first-order valence-corrected chi connectivity index (χ1v) is 3.33. The Balaban J connectivity index is 3.22. The number of hydrogen-bond acceptors (Lipinski definition) is 4. The van der Waals surface area contributed by atoms with Crippen LogP contribution in [0, 0.1) is 0 Å². The number of rotatable bonds is 6. The average molecular weight is 163 g/mol. The lowest BCUT2D eigenvalue weighted by Gasteiger charge is -2.12. The first-order chi connectivity index (χ1) is 5.16. The molecule has 0 heterocycles. The molecule has 0 unspecified atom stereocenters. The van der Waals surface area contributed by atoms with Crippen molar-refractivity contribution in [2.24, 2.45) is 0 Å². The molecule has 5 nitrogen and oxygen atoms in total. The molecule has 0 spiro atoms. The minimum Gasteiger partial charge on any atom is -0.480 e. The van der Waals surface area contributed by atoms with Gasteiger partial charge < -0.3 is 5.11 Å². The highest BCUT2D eigenvalue weighted by atomic mass is 17.1. The summed E-state index contributed by atoms with van der Waals surface area (Å²) in [5, 5.41) is 16.2. The standard InChI is InChI=1S/C6H13NO4/c1-7(5-6(8)9)3-2-4-11-10/h10H,2-5H2,1H3,(H,8,9). The van der Waals surface area contributed by atoms with Crippen molar-refractivity contribution in [3.05, 3.63) is 0 Å². The highest BCUT2D eigenvalue weighted by Crippen LogP contribution is 1.86. The second-order valence-electron chi connectivity index (χ2n) is 2.32. The fourth-order valence-corrected chi connectivity index (χ4v) is 0.709. The van der Waals surface area contributed by atoms with E-state index in [1.54, 1.807) is 11.9 Å². The van der Waals surface area contributed by atoms with Crippen LogP contribution in [0.4, 0.5) is 0 Å². The Morgan fingerprint density at radius 1 is 1.64 bits per heavy atom. The summed E-state index contributed by atoms with van der Waals surface area (Å²) in [5.41, 5.74) is 0. The molecule has 2 N–H and O–H groups in total. The van der Waals surface area contributed by atoms with Crippen molar-refractivity contribution in [1.29, 1.82) is 0 Å². The summed E-state index contributed by atoms with van der Waals surface area (Å²) in [6.45, 7) is 0.863. The molecule has 11 heavy (non-hydrogen) atoms. The Bertz CT molecular complexity index is 117. The van der Waals surface area contributed by atoms with Crippen molar-refractivity contribution in [1.82, 2.24) is 4.90 Å². The summed E-state index contributed by atoms with van der Waals surface area (Å²) in [5.74, 6) is -0.850. The quantitative estimate of drug-likeness (QED) is 0.324. The Hall–Kier alpha value is -0.650. The topological polar surface area (TPSA) is 70.0 Å². The second-order valence-corrected chi connectivity index (χ2v) is 2.32. The van der Waals surface area contributed by atoms with Crippen LogP contribution in [0.3, 0.4) is 0 Å². The molecule has 0 aromatic heterocycles. The first kappa shape index (κ1) is 10.3. The van der Waals surface area contributed by atoms with Crippen molar-refractivity contribution in [2.75, 3.05) is 26.7 Å². The molecule has 0 radical (unpaired) electrons. The number of nitrogens with zero attached hydrogens (tertiary/aromatic N) is 1. The van der Waals surface area contributed by atoms with Crippen molar-refractivity contribution in [3.63, 3.8) is 0 Å². The minimum atomic E-state index is -0.850. The van der Waals surface area contributed by atoms with Crippen LogP contribution in [-0.2, 0) is 9.68 Å². The van der Waals surface area contributed by atoms with Crippen molar-refractivity contribution in [3.8, 4) is 0 Å². The highest BCUT2D eigenvalue weighted by molar-refractivity contribution is 5.68. The van der Waals surface area contributed by atoms with Gasteiger partial charge in [-0.05, 0) is 13.5 Å². The van der Waals surface area contributed by atoms with Gasteiger partial charge in [-0.3, -0.25) is 15.0 Å². The summed E-state index contributed by atoms with van der Waals surface area (Å²) < 4.78 is 0. The van der Waals surface area contributed by atoms with E-state index in [4.69, 9.17) is 10.4 Å². The van der Waals surface area contributed by atoms with Gasteiger partial charge in [0.1, 0.15) is 0 Å². The maximum absolute atomic E-state index is 10.1. The largest absolute Gasteiger partial charge is 0.480 e. The number of aliphatic carboxylic acids is 1. The van der Waals surface area contributed by atoms with E-state index >= 15 is 0 Å². The number of carboxylic acid groups (broad SMARTS) is 1. The lowest BCUT2D eigenvalue weighted by Crippen LogP contribution is -2.27. The molecule has 0 rings (SSSR count). The lowest BCUT2D eigenvalue weighted by atomic mass is 10.4. The molecule has 5 heteroatoms. The van der Waals surface area contributed by atoms with Gasteiger partial charge in [-0.1, -0.05) is 0 Å². The maximum atomic E-state index is 10.1. The van der Waals surface area contributed by atoms with Crippen LogP contribution >= 0.6 is 0 Å². The third kappa shape index (κ3) is 7.24. The molecule has 0 aliphatic rings. The van der Waals surface area contributed by atoms with E-state index in [1.165, 1.54) is 0 Å². The Kier molecular flexibility index (Phi) is 5.73. The average Bonchev–Trinajstić information content (AvgIpc) is 1.86. The van der Waals surface area contributed by atoms with E-state index < -0.39 is 5.97 Å². The smallest absolute Gasteiger partial charge is 0.317 e. The van der Waals surface area contributed by atoms with Crippen LogP contribution in [0.25, 0.3) is 0 Å². The molecule has 0 aliphatic heterocycles. The lowest BCUT2D eigenvalue weighted by molar-refractivity contribution is -0.242. The van der Waals surface area contributed by atoms with Crippen molar-refractivity contribution < 1.29 is 20.0 Å². The van der Waals surface area contributed by atoms with Crippen molar-refractivity contribution in [2.45, 2.75) is 6.42 Å². The molecule has 0 aromatic rings. The minimum absolute atomic E-state index is 0.0193. The number of carbonyl (C=O) groups is 1. The fraction of sp³-hybridized carbons (Fsp3) is 0.833. The van der Waals surface area contributed by atoms with Gasteiger partial charge in [0.15, 0.2) is 0 Å². The normalized spacial score (nSPS) is 10.5. The summed E-state index contributed by atoms with van der Waals surface area (Å²) >= 11 is 0. The van der Waals surface area contributed by atoms with Crippen LogP contribution in [0.1, 0.15) is 6.42 Å². The zero-order valence-electron chi connectivity index (χ0n) is 6.49. The van der Waals surface area contributed by atoms with E-state index in [1.807, 2.05) is 0 Å². The van der Waals surface area contributed by atoms with Crippen molar-refractivity contribution >= 4 is 5.97 Å². The maximum Gasteiger partial charge on any atom is 0.317 e. The second kappa shape index (κ2) is 6.09. The molecular formula is C6H13NO4. The molecule has 0 amide bonds. The van der Waals surface area contributed by atoms with Gasteiger partial charge in [0.25, 0.3) is 0 Å². The summed E-state index contributed by atoms with van der Waals surface area (Å²) in [6, 6.07) is 0. The molecule has 66 valence electrons. The van der Waals surface area contributed by atoms with Gasteiger partial charge in [-0.15, -0.1) is 0 Å². The van der Waals surface area contributed by atoms with Crippen LogP contribution in [-0.4, -0.2) is 48.0 Å². The van der Waals surface area contributed by atoms with E-state index in [2.05, 4.69) is 4.89 Å². The Labute approximate surface area is 65.1 Å². The molecule has 0 aliphatic carbocycles. The van der Waals surface area contributed by atoms with E-state index in [0.29, 0.717) is 13.0 Å². The van der Waals surface area contributed by atoms with Crippen LogP contribution in [0.2, 0.25) is 0 Å². The molecule has 0 bridgehead atoms. The molecular weight excluding hydrogens is 150 g/mol. The van der Waals surface area contributed by atoms with Crippen LogP contribution < -0.4 is 0 Å². The predicted molar refractivity (Wildman–Crippen MR) is 38.3 cm³/mol. The monoisotopic (exact) mass is 163 g/mol. The van der Waals surface area contributed by atoms with Crippen LogP contribution in [0.15, 0.2) is 0 Å². The van der Waals surface area contributed by atoms with E-state index in [9.17, 15) is 4.79 Å². The van der Waals surface area contributed by atoms with Crippen LogP contribution in [0.5, 0.6) is 0 Å². The van der Waals surface area contributed by atoms with E-state index in [0.717, 1.165) is 0 Å². The third-order valence-electron chi connectivity index (χ3n) is 1.18. The SMILES string of the molecule is CN(CCCOO)CC(=O)O. The number of likely N-dealkylation sites (N-methyl/N-ethyl adjacent to an activating group) is 1. The molecule has 0 fully saturated rings. The number of hydrogen-bond donors (Lipinski definition) is 2. The fourth-order valence-electron chi connectivity index (χ4n) is 0.709. The molecule has 0 saturated carbocycles. The van der Waals surface area contributed by atoms with Gasteiger partial charge in [-0.25, -0.2) is 4.89 Å². The number of carboxylic acids is 1. The zero-order chi connectivity index (χ0) is 8.69. The molecule has 0 aromatic carbocycles. The van der Waals surface area contributed by atoms with Gasteiger partial charge in [0.05, 0.1) is 13.2 Å². The van der Waals surface area contributed by atoms with Gasteiger partial charge in [0, 0.05) is 6.54 Å². The third-order valence-corrected chi connectivity index (χ3v) is 1.18. The summed E-state index contributed by atoms with van der Waals surface area (Å²) in [7, 11) is 1.70. The predicted octanol–water partition coefficient (Wildman–Crippen LogP) is -0.117. The first-order valence-electron chi connectivity index (χ1n) is 3.33.